The molecule has 0 aromatic carbocycles. The van der Waals surface area contributed by atoms with Gasteiger partial charge in [0, 0.05) is 23.9 Å². The van der Waals surface area contributed by atoms with Crippen LogP contribution in [0.1, 0.15) is 23.7 Å². The Balaban J connectivity index is 3.18. The standard InChI is InChI=1S/C10H13ClN2O5/c1-5-6(9(16)7(15)2-3-14)4-12-10(11)8(5)13(17)18/h4,7,9,14-16H,2-3H2,1H3. The number of pyridine rings is 1. The van der Waals surface area contributed by atoms with Crippen LogP contribution in [0.5, 0.6) is 0 Å². The molecule has 0 bridgehead atoms. The summed E-state index contributed by atoms with van der Waals surface area (Å²) in [6.45, 7) is 1.11. The van der Waals surface area contributed by atoms with Crippen molar-refractivity contribution >= 4 is 17.3 Å². The van der Waals surface area contributed by atoms with Gasteiger partial charge in [0.2, 0.25) is 5.15 Å². The van der Waals surface area contributed by atoms with E-state index in [1.54, 1.807) is 0 Å². The van der Waals surface area contributed by atoms with E-state index in [4.69, 9.17) is 16.7 Å². The molecular weight excluding hydrogens is 264 g/mol. The monoisotopic (exact) mass is 276 g/mol. The Morgan fingerprint density at radius 1 is 1.56 bits per heavy atom. The second-order valence-corrected chi connectivity index (χ2v) is 4.12. The number of hydrogen-bond donors (Lipinski definition) is 3. The molecule has 1 rings (SSSR count). The van der Waals surface area contributed by atoms with E-state index in [9.17, 15) is 20.3 Å². The third kappa shape index (κ3) is 2.94. The van der Waals surface area contributed by atoms with Gasteiger partial charge in [-0.3, -0.25) is 10.1 Å². The van der Waals surface area contributed by atoms with E-state index in [-0.39, 0.29) is 29.3 Å². The lowest BCUT2D eigenvalue weighted by molar-refractivity contribution is -0.385. The van der Waals surface area contributed by atoms with Crippen molar-refractivity contribution in [2.75, 3.05) is 6.61 Å². The van der Waals surface area contributed by atoms with E-state index in [0.717, 1.165) is 0 Å². The summed E-state index contributed by atoms with van der Waals surface area (Å²) in [5.74, 6) is 0. The lowest BCUT2D eigenvalue weighted by Gasteiger charge is -2.18. The molecule has 7 nitrogen and oxygen atoms in total. The molecule has 0 amide bonds. The Bertz CT molecular complexity index is 454. The molecular formula is C10H13ClN2O5. The van der Waals surface area contributed by atoms with Crippen molar-refractivity contribution in [1.29, 1.82) is 0 Å². The molecule has 0 saturated carbocycles. The number of rotatable bonds is 5. The van der Waals surface area contributed by atoms with Gasteiger partial charge in [-0.05, 0) is 13.3 Å². The number of aliphatic hydroxyl groups is 3. The Morgan fingerprint density at radius 2 is 2.17 bits per heavy atom. The van der Waals surface area contributed by atoms with Crippen LogP contribution in [-0.4, -0.2) is 37.9 Å². The molecule has 18 heavy (non-hydrogen) atoms. The number of hydrogen-bond acceptors (Lipinski definition) is 6. The summed E-state index contributed by atoms with van der Waals surface area (Å²) in [4.78, 5) is 13.7. The number of aliphatic hydroxyl groups excluding tert-OH is 3. The van der Waals surface area contributed by atoms with Crippen LogP contribution in [0, 0.1) is 17.0 Å². The second kappa shape index (κ2) is 6.05. The SMILES string of the molecule is Cc1c(C(O)C(O)CCO)cnc(Cl)c1[N+](=O)[O-]. The van der Waals surface area contributed by atoms with Crippen LogP contribution >= 0.6 is 11.6 Å². The number of nitrogens with zero attached hydrogens (tertiary/aromatic N) is 2. The topological polar surface area (TPSA) is 117 Å². The summed E-state index contributed by atoms with van der Waals surface area (Å²) in [5, 5.41) is 38.6. The van der Waals surface area contributed by atoms with Crippen LogP contribution in [0.4, 0.5) is 5.69 Å². The number of halogens is 1. The molecule has 1 aromatic heterocycles. The van der Waals surface area contributed by atoms with Crippen LogP contribution in [0.25, 0.3) is 0 Å². The summed E-state index contributed by atoms with van der Waals surface area (Å²) in [6, 6.07) is 0. The minimum absolute atomic E-state index is 0.0446. The van der Waals surface area contributed by atoms with Crippen molar-refractivity contribution in [2.24, 2.45) is 0 Å². The molecule has 0 radical (unpaired) electrons. The normalized spacial score (nSPS) is 14.3. The maximum Gasteiger partial charge on any atom is 0.309 e. The van der Waals surface area contributed by atoms with Gasteiger partial charge in [0.1, 0.15) is 6.10 Å². The Kier molecular flexibility index (Phi) is 4.97. The highest BCUT2D eigenvalue weighted by atomic mass is 35.5. The highest BCUT2D eigenvalue weighted by Gasteiger charge is 2.27. The molecule has 0 aliphatic carbocycles. The van der Waals surface area contributed by atoms with Gasteiger partial charge in [0.15, 0.2) is 0 Å². The van der Waals surface area contributed by atoms with Crippen LogP contribution < -0.4 is 0 Å². The minimum Gasteiger partial charge on any atom is -0.396 e. The lowest BCUT2D eigenvalue weighted by atomic mass is 9.99. The Morgan fingerprint density at radius 3 is 2.67 bits per heavy atom. The summed E-state index contributed by atoms with van der Waals surface area (Å²) < 4.78 is 0. The van der Waals surface area contributed by atoms with Crippen molar-refractivity contribution in [3.8, 4) is 0 Å². The van der Waals surface area contributed by atoms with Gasteiger partial charge in [0.25, 0.3) is 0 Å². The van der Waals surface area contributed by atoms with Gasteiger partial charge in [-0.25, -0.2) is 4.98 Å². The fourth-order valence-corrected chi connectivity index (χ4v) is 1.84. The minimum atomic E-state index is -1.36. The van der Waals surface area contributed by atoms with Gasteiger partial charge in [-0.2, -0.15) is 0 Å². The molecule has 1 aromatic rings. The summed E-state index contributed by atoms with van der Waals surface area (Å²) in [5.41, 5.74) is -0.138. The van der Waals surface area contributed by atoms with E-state index in [2.05, 4.69) is 4.98 Å². The molecule has 0 spiro atoms. The molecule has 2 atom stereocenters. The highest BCUT2D eigenvalue weighted by Crippen LogP contribution is 2.32. The van der Waals surface area contributed by atoms with Crippen molar-refractivity contribution in [3.63, 3.8) is 0 Å². The van der Waals surface area contributed by atoms with E-state index in [1.165, 1.54) is 13.1 Å². The van der Waals surface area contributed by atoms with Crippen molar-refractivity contribution in [1.82, 2.24) is 4.98 Å². The van der Waals surface area contributed by atoms with Gasteiger partial charge < -0.3 is 15.3 Å². The molecule has 8 heteroatoms. The first kappa shape index (κ1) is 14.8. The second-order valence-electron chi connectivity index (χ2n) is 3.76. The molecule has 0 saturated heterocycles. The zero-order valence-corrected chi connectivity index (χ0v) is 10.3. The summed E-state index contributed by atoms with van der Waals surface area (Å²) >= 11 is 5.60. The van der Waals surface area contributed by atoms with E-state index in [0.29, 0.717) is 0 Å². The van der Waals surface area contributed by atoms with Crippen molar-refractivity contribution in [2.45, 2.75) is 25.6 Å². The maximum absolute atomic E-state index is 10.8. The van der Waals surface area contributed by atoms with Crippen molar-refractivity contribution in [3.05, 3.63) is 32.6 Å². The van der Waals surface area contributed by atoms with E-state index >= 15 is 0 Å². The lowest BCUT2D eigenvalue weighted by Crippen LogP contribution is -2.21. The van der Waals surface area contributed by atoms with Crippen LogP contribution in [0.15, 0.2) is 6.20 Å². The largest absolute Gasteiger partial charge is 0.396 e. The molecule has 0 fully saturated rings. The number of aromatic nitrogens is 1. The molecule has 3 N–H and O–H groups in total. The van der Waals surface area contributed by atoms with Gasteiger partial charge >= 0.3 is 5.69 Å². The van der Waals surface area contributed by atoms with Crippen molar-refractivity contribution < 1.29 is 20.2 Å². The highest BCUT2D eigenvalue weighted by molar-refractivity contribution is 6.31. The molecule has 2 unspecified atom stereocenters. The Labute approximate surface area is 108 Å². The predicted molar refractivity (Wildman–Crippen MR) is 63.3 cm³/mol. The average molecular weight is 277 g/mol. The average Bonchev–Trinajstić information content (AvgIpc) is 2.28. The number of nitro groups is 1. The van der Waals surface area contributed by atoms with Crippen LogP contribution in [0.2, 0.25) is 5.15 Å². The first-order valence-electron chi connectivity index (χ1n) is 5.16. The summed E-state index contributed by atoms with van der Waals surface area (Å²) in [6.07, 6.45) is -1.45. The van der Waals surface area contributed by atoms with Gasteiger partial charge in [-0.15, -0.1) is 0 Å². The first-order chi connectivity index (χ1) is 8.40. The van der Waals surface area contributed by atoms with Gasteiger partial charge in [-0.1, -0.05) is 11.6 Å². The van der Waals surface area contributed by atoms with Crippen LogP contribution in [-0.2, 0) is 0 Å². The summed E-state index contributed by atoms with van der Waals surface area (Å²) in [7, 11) is 0. The third-order valence-corrected chi connectivity index (χ3v) is 2.87. The predicted octanol–water partition coefficient (Wildman–Crippen LogP) is 0.728. The molecule has 1 heterocycles. The smallest absolute Gasteiger partial charge is 0.309 e. The van der Waals surface area contributed by atoms with E-state index in [1.807, 2.05) is 0 Å². The Hall–Kier alpha value is -1.28. The fraction of sp³-hybridized carbons (Fsp3) is 0.500. The van der Waals surface area contributed by atoms with Gasteiger partial charge in [0.05, 0.1) is 11.0 Å². The maximum atomic E-state index is 10.8. The quantitative estimate of drug-likeness (QED) is 0.415. The zero-order valence-electron chi connectivity index (χ0n) is 9.58. The molecule has 0 aliphatic heterocycles. The van der Waals surface area contributed by atoms with Crippen LogP contribution in [0.3, 0.4) is 0 Å². The van der Waals surface area contributed by atoms with E-state index < -0.39 is 22.8 Å². The third-order valence-electron chi connectivity index (χ3n) is 2.59. The molecule has 100 valence electrons. The zero-order chi connectivity index (χ0) is 13.9. The molecule has 0 aliphatic rings. The fourth-order valence-electron chi connectivity index (χ4n) is 1.58. The first-order valence-corrected chi connectivity index (χ1v) is 5.54.